The number of nitrogens with zero attached hydrogens (tertiary/aromatic N) is 1. The Morgan fingerprint density at radius 2 is 2.55 bits per heavy atom. The molecule has 1 amide bonds. The van der Waals surface area contributed by atoms with E-state index in [0.717, 1.165) is 19.4 Å². The Morgan fingerprint density at radius 1 is 1.82 bits per heavy atom. The van der Waals surface area contributed by atoms with E-state index in [1.54, 1.807) is 4.90 Å². The van der Waals surface area contributed by atoms with Crippen LogP contribution in [0.25, 0.3) is 0 Å². The second-order valence-electron chi connectivity index (χ2n) is 2.77. The SMILES string of the molecule is C=CC(=O)N1CCCC1CN. The normalized spacial score (nSPS) is 23.7. The van der Waals surface area contributed by atoms with E-state index in [1.807, 2.05) is 0 Å². The fourth-order valence-corrected chi connectivity index (χ4v) is 1.49. The van der Waals surface area contributed by atoms with Gasteiger partial charge in [0.1, 0.15) is 0 Å². The molecule has 1 aliphatic heterocycles. The Morgan fingerprint density at radius 3 is 3.09 bits per heavy atom. The van der Waals surface area contributed by atoms with Crippen LogP contribution in [0.4, 0.5) is 0 Å². The molecule has 0 aliphatic carbocycles. The van der Waals surface area contributed by atoms with Crippen LogP contribution in [0.5, 0.6) is 0 Å². The number of carbonyl (C=O) groups excluding carboxylic acids is 1. The number of nitrogens with two attached hydrogens (primary N) is 1. The maximum Gasteiger partial charge on any atom is 0.246 e. The van der Waals surface area contributed by atoms with Crippen molar-refractivity contribution < 1.29 is 4.79 Å². The van der Waals surface area contributed by atoms with E-state index in [-0.39, 0.29) is 11.9 Å². The molecule has 1 unspecified atom stereocenters. The van der Waals surface area contributed by atoms with Crippen molar-refractivity contribution in [1.82, 2.24) is 4.90 Å². The van der Waals surface area contributed by atoms with Crippen molar-refractivity contribution in [3.05, 3.63) is 12.7 Å². The van der Waals surface area contributed by atoms with Crippen molar-refractivity contribution in [3.63, 3.8) is 0 Å². The van der Waals surface area contributed by atoms with Crippen LogP contribution in [0.3, 0.4) is 0 Å². The van der Waals surface area contributed by atoms with Crippen molar-refractivity contribution in [3.8, 4) is 0 Å². The van der Waals surface area contributed by atoms with Crippen LogP contribution in [0.2, 0.25) is 0 Å². The molecule has 2 N–H and O–H groups in total. The molecule has 3 heteroatoms. The average molecular weight is 154 g/mol. The number of hydrogen-bond acceptors (Lipinski definition) is 2. The standard InChI is InChI=1S/C8H14N2O/c1-2-8(11)10-5-3-4-7(10)6-9/h2,7H,1,3-6,9H2. The summed E-state index contributed by atoms with van der Waals surface area (Å²) in [5.41, 5.74) is 5.49. The maximum absolute atomic E-state index is 11.1. The summed E-state index contributed by atoms with van der Waals surface area (Å²) in [6, 6.07) is 0.250. The Bertz CT molecular complexity index is 167. The Labute approximate surface area is 66.9 Å². The zero-order valence-electron chi connectivity index (χ0n) is 6.62. The Balaban J connectivity index is 2.55. The van der Waals surface area contributed by atoms with Gasteiger partial charge in [0, 0.05) is 19.1 Å². The summed E-state index contributed by atoms with van der Waals surface area (Å²) in [4.78, 5) is 12.9. The van der Waals surface area contributed by atoms with Crippen LogP contribution in [-0.4, -0.2) is 29.9 Å². The lowest BCUT2D eigenvalue weighted by Crippen LogP contribution is -2.38. The predicted molar refractivity (Wildman–Crippen MR) is 44.0 cm³/mol. The summed E-state index contributed by atoms with van der Waals surface area (Å²) < 4.78 is 0. The largest absolute Gasteiger partial charge is 0.335 e. The Kier molecular flexibility index (Phi) is 2.65. The van der Waals surface area contributed by atoms with E-state index >= 15 is 0 Å². The van der Waals surface area contributed by atoms with Gasteiger partial charge in [-0.3, -0.25) is 4.79 Å². The minimum absolute atomic E-state index is 0.0120. The topological polar surface area (TPSA) is 46.3 Å². The fraction of sp³-hybridized carbons (Fsp3) is 0.625. The highest BCUT2D eigenvalue weighted by Crippen LogP contribution is 2.15. The molecule has 1 saturated heterocycles. The minimum atomic E-state index is 0.0120. The van der Waals surface area contributed by atoms with Gasteiger partial charge in [-0.2, -0.15) is 0 Å². The molecule has 1 atom stereocenters. The molecule has 0 aromatic carbocycles. The second kappa shape index (κ2) is 3.53. The number of amides is 1. The highest BCUT2D eigenvalue weighted by atomic mass is 16.2. The maximum atomic E-state index is 11.1. The van der Waals surface area contributed by atoms with Crippen molar-refractivity contribution in [1.29, 1.82) is 0 Å². The highest BCUT2D eigenvalue weighted by molar-refractivity contribution is 5.87. The Hall–Kier alpha value is -0.830. The molecule has 11 heavy (non-hydrogen) atoms. The summed E-state index contributed by atoms with van der Waals surface area (Å²) >= 11 is 0. The molecular formula is C8H14N2O. The zero-order chi connectivity index (χ0) is 8.27. The molecule has 0 aromatic heterocycles. The van der Waals surface area contributed by atoms with Gasteiger partial charge in [0.15, 0.2) is 0 Å². The van der Waals surface area contributed by atoms with Crippen LogP contribution in [0, 0.1) is 0 Å². The fourth-order valence-electron chi connectivity index (χ4n) is 1.49. The molecule has 1 aliphatic rings. The predicted octanol–water partition coefficient (Wildman–Crippen LogP) is 0.122. The number of carbonyl (C=O) groups is 1. The number of hydrogen-bond donors (Lipinski definition) is 1. The minimum Gasteiger partial charge on any atom is -0.335 e. The first-order chi connectivity index (χ1) is 5.29. The monoisotopic (exact) mass is 154 g/mol. The lowest BCUT2D eigenvalue weighted by Gasteiger charge is -2.21. The van der Waals surface area contributed by atoms with Gasteiger partial charge in [0.25, 0.3) is 0 Å². The van der Waals surface area contributed by atoms with Crippen molar-refractivity contribution >= 4 is 5.91 Å². The molecule has 3 nitrogen and oxygen atoms in total. The van der Waals surface area contributed by atoms with E-state index in [9.17, 15) is 4.79 Å². The van der Waals surface area contributed by atoms with Gasteiger partial charge in [-0.1, -0.05) is 6.58 Å². The van der Waals surface area contributed by atoms with Crippen LogP contribution in [-0.2, 0) is 4.79 Å². The molecule has 1 heterocycles. The summed E-state index contributed by atoms with van der Waals surface area (Å²) in [5, 5.41) is 0. The van der Waals surface area contributed by atoms with Gasteiger partial charge in [-0.15, -0.1) is 0 Å². The van der Waals surface area contributed by atoms with Crippen LogP contribution in [0.15, 0.2) is 12.7 Å². The van der Waals surface area contributed by atoms with Gasteiger partial charge in [0.2, 0.25) is 5.91 Å². The van der Waals surface area contributed by atoms with E-state index in [0.29, 0.717) is 6.54 Å². The third kappa shape index (κ3) is 1.60. The molecule has 0 bridgehead atoms. The second-order valence-corrected chi connectivity index (χ2v) is 2.77. The first kappa shape index (κ1) is 8.27. The average Bonchev–Trinajstić information content (AvgIpc) is 2.50. The molecular weight excluding hydrogens is 140 g/mol. The van der Waals surface area contributed by atoms with Gasteiger partial charge in [0.05, 0.1) is 0 Å². The molecule has 1 fully saturated rings. The summed E-state index contributed by atoms with van der Waals surface area (Å²) in [6.45, 7) is 4.85. The van der Waals surface area contributed by atoms with Gasteiger partial charge in [-0.25, -0.2) is 0 Å². The van der Waals surface area contributed by atoms with Gasteiger partial charge in [-0.05, 0) is 18.9 Å². The third-order valence-corrected chi connectivity index (χ3v) is 2.11. The molecule has 0 radical (unpaired) electrons. The van der Waals surface area contributed by atoms with Crippen LogP contribution >= 0.6 is 0 Å². The van der Waals surface area contributed by atoms with Crippen LogP contribution < -0.4 is 5.73 Å². The summed E-state index contributed by atoms with van der Waals surface area (Å²) in [7, 11) is 0. The molecule has 0 spiro atoms. The lowest BCUT2D eigenvalue weighted by atomic mass is 10.2. The van der Waals surface area contributed by atoms with E-state index in [1.165, 1.54) is 6.08 Å². The first-order valence-electron chi connectivity index (χ1n) is 3.92. The molecule has 0 aromatic rings. The smallest absolute Gasteiger partial charge is 0.246 e. The van der Waals surface area contributed by atoms with E-state index < -0.39 is 0 Å². The van der Waals surface area contributed by atoms with Gasteiger partial charge >= 0.3 is 0 Å². The zero-order valence-corrected chi connectivity index (χ0v) is 6.62. The molecule has 62 valence electrons. The number of likely N-dealkylation sites (tertiary alicyclic amines) is 1. The van der Waals surface area contributed by atoms with Crippen LogP contribution in [0.1, 0.15) is 12.8 Å². The lowest BCUT2D eigenvalue weighted by molar-refractivity contribution is -0.126. The molecule has 0 saturated carbocycles. The quantitative estimate of drug-likeness (QED) is 0.574. The summed E-state index contributed by atoms with van der Waals surface area (Å²) in [5.74, 6) is 0.0120. The van der Waals surface area contributed by atoms with E-state index in [4.69, 9.17) is 5.73 Å². The number of rotatable bonds is 2. The van der Waals surface area contributed by atoms with Crippen molar-refractivity contribution in [2.45, 2.75) is 18.9 Å². The van der Waals surface area contributed by atoms with Crippen molar-refractivity contribution in [2.75, 3.05) is 13.1 Å². The highest BCUT2D eigenvalue weighted by Gasteiger charge is 2.25. The van der Waals surface area contributed by atoms with Gasteiger partial charge < -0.3 is 10.6 Å². The van der Waals surface area contributed by atoms with Crippen molar-refractivity contribution in [2.24, 2.45) is 5.73 Å². The summed E-state index contributed by atoms with van der Waals surface area (Å²) in [6.07, 6.45) is 3.46. The van der Waals surface area contributed by atoms with E-state index in [2.05, 4.69) is 6.58 Å². The first-order valence-corrected chi connectivity index (χ1v) is 3.92. The third-order valence-electron chi connectivity index (χ3n) is 2.11. The molecule has 1 rings (SSSR count).